The quantitative estimate of drug-likeness (QED) is 0.912. The minimum Gasteiger partial charge on any atom is -0.497 e. The fourth-order valence-electron chi connectivity index (χ4n) is 2.75. The van der Waals surface area contributed by atoms with Crippen LogP contribution < -0.4 is 9.64 Å². The first-order chi connectivity index (χ1) is 12.1. The van der Waals surface area contributed by atoms with Gasteiger partial charge in [-0.15, -0.1) is 0 Å². The number of benzene rings is 1. The van der Waals surface area contributed by atoms with Crippen LogP contribution in [0.15, 0.2) is 42.6 Å². The highest BCUT2D eigenvalue weighted by Gasteiger charge is 2.23. The van der Waals surface area contributed by atoms with Crippen LogP contribution in [0.2, 0.25) is 0 Å². The standard InChI is InChI=1S/C18H19N3O4/c1-25-15-5-2-13(3-6-15)17(22)21-10-8-20(9-11-21)16-7-4-14(12-19-16)18(23)24/h2-7,12H,8-11H2,1H3,(H,23,24). The normalized spacial score (nSPS) is 14.3. The van der Waals surface area contributed by atoms with Crippen molar-refractivity contribution in [3.63, 3.8) is 0 Å². The second-order valence-electron chi connectivity index (χ2n) is 5.72. The van der Waals surface area contributed by atoms with E-state index in [0.29, 0.717) is 31.7 Å². The number of methoxy groups -OCH3 is 1. The molecule has 1 aromatic carbocycles. The summed E-state index contributed by atoms with van der Waals surface area (Å²) in [6.45, 7) is 2.49. The number of nitrogens with zero attached hydrogens (tertiary/aromatic N) is 3. The third-order valence-corrected chi connectivity index (χ3v) is 4.22. The number of anilines is 1. The maximum Gasteiger partial charge on any atom is 0.337 e. The zero-order valence-corrected chi connectivity index (χ0v) is 13.9. The number of aromatic nitrogens is 1. The summed E-state index contributed by atoms with van der Waals surface area (Å²) in [7, 11) is 1.59. The van der Waals surface area contributed by atoms with Gasteiger partial charge < -0.3 is 19.6 Å². The molecule has 130 valence electrons. The number of piperazine rings is 1. The fourth-order valence-corrected chi connectivity index (χ4v) is 2.75. The molecule has 1 N–H and O–H groups in total. The molecule has 0 unspecified atom stereocenters. The maximum atomic E-state index is 12.5. The molecule has 2 heterocycles. The van der Waals surface area contributed by atoms with Crippen LogP contribution in [-0.2, 0) is 0 Å². The monoisotopic (exact) mass is 341 g/mol. The van der Waals surface area contributed by atoms with Gasteiger partial charge in [0.05, 0.1) is 12.7 Å². The largest absolute Gasteiger partial charge is 0.497 e. The van der Waals surface area contributed by atoms with Crippen LogP contribution in [0.4, 0.5) is 5.82 Å². The average molecular weight is 341 g/mol. The van der Waals surface area contributed by atoms with Crippen LogP contribution >= 0.6 is 0 Å². The molecule has 1 aliphatic rings. The van der Waals surface area contributed by atoms with Gasteiger partial charge in [0.25, 0.3) is 5.91 Å². The van der Waals surface area contributed by atoms with Gasteiger partial charge in [-0.25, -0.2) is 9.78 Å². The third-order valence-electron chi connectivity index (χ3n) is 4.22. The molecular formula is C18H19N3O4. The van der Waals surface area contributed by atoms with Gasteiger partial charge in [0.15, 0.2) is 0 Å². The molecule has 0 bridgehead atoms. The summed E-state index contributed by atoms with van der Waals surface area (Å²) < 4.78 is 5.11. The van der Waals surface area contributed by atoms with Crippen molar-refractivity contribution in [1.82, 2.24) is 9.88 Å². The molecular weight excluding hydrogens is 322 g/mol. The molecule has 0 radical (unpaired) electrons. The van der Waals surface area contributed by atoms with Crippen molar-refractivity contribution in [2.24, 2.45) is 0 Å². The van der Waals surface area contributed by atoms with Crippen LogP contribution in [0.5, 0.6) is 5.75 Å². The van der Waals surface area contributed by atoms with Crippen LogP contribution in [-0.4, -0.2) is 60.2 Å². The number of hydrogen-bond acceptors (Lipinski definition) is 5. The Labute approximate surface area is 145 Å². The molecule has 2 aromatic rings. The zero-order chi connectivity index (χ0) is 17.8. The highest BCUT2D eigenvalue weighted by Crippen LogP contribution is 2.17. The Morgan fingerprint density at radius 3 is 2.16 bits per heavy atom. The number of pyridine rings is 1. The van der Waals surface area contributed by atoms with Crippen molar-refractivity contribution in [2.75, 3.05) is 38.2 Å². The van der Waals surface area contributed by atoms with Gasteiger partial charge in [0, 0.05) is 37.9 Å². The molecule has 7 nitrogen and oxygen atoms in total. The number of carboxylic acid groups (broad SMARTS) is 1. The molecule has 0 saturated carbocycles. The van der Waals surface area contributed by atoms with Gasteiger partial charge in [-0.3, -0.25) is 4.79 Å². The molecule has 1 saturated heterocycles. The Hall–Kier alpha value is -3.09. The second-order valence-corrected chi connectivity index (χ2v) is 5.72. The molecule has 0 spiro atoms. The molecule has 25 heavy (non-hydrogen) atoms. The molecule has 0 aliphatic carbocycles. The van der Waals surface area contributed by atoms with Gasteiger partial charge >= 0.3 is 5.97 Å². The first-order valence-electron chi connectivity index (χ1n) is 7.96. The number of aromatic carboxylic acids is 1. The molecule has 1 amide bonds. The van der Waals surface area contributed by atoms with Crippen LogP contribution in [0.25, 0.3) is 0 Å². The Balaban J connectivity index is 1.60. The molecule has 1 aromatic heterocycles. The predicted octanol–water partition coefficient (Wildman–Crippen LogP) is 1.75. The molecule has 1 aliphatic heterocycles. The second kappa shape index (κ2) is 7.21. The number of ether oxygens (including phenoxy) is 1. The van der Waals surface area contributed by atoms with Crippen molar-refractivity contribution in [3.8, 4) is 5.75 Å². The van der Waals surface area contributed by atoms with Crippen molar-refractivity contribution in [1.29, 1.82) is 0 Å². The van der Waals surface area contributed by atoms with E-state index in [0.717, 1.165) is 11.6 Å². The SMILES string of the molecule is COc1ccc(C(=O)N2CCN(c3ccc(C(=O)O)cn3)CC2)cc1. The molecule has 0 atom stereocenters. The Morgan fingerprint density at radius 2 is 1.64 bits per heavy atom. The highest BCUT2D eigenvalue weighted by atomic mass is 16.5. The van der Waals surface area contributed by atoms with Crippen molar-refractivity contribution in [3.05, 3.63) is 53.7 Å². The molecule has 3 rings (SSSR count). The average Bonchev–Trinajstić information content (AvgIpc) is 2.67. The fraction of sp³-hybridized carbons (Fsp3) is 0.278. The lowest BCUT2D eigenvalue weighted by atomic mass is 10.1. The van der Waals surface area contributed by atoms with E-state index in [1.54, 1.807) is 43.5 Å². The maximum absolute atomic E-state index is 12.5. The van der Waals surface area contributed by atoms with Crippen molar-refractivity contribution in [2.45, 2.75) is 0 Å². The number of rotatable bonds is 4. The Morgan fingerprint density at radius 1 is 1.00 bits per heavy atom. The van der Waals surface area contributed by atoms with E-state index in [1.807, 2.05) is 9.80 Å². The lowest BCUT2D eigenvalue weighted by molar-refractivity contribution is 0.0694. The van der Waals surface area contributed by atoms with E-state index in [9.17, 15) is 9.59 Å². The number of carboxylic acids is 1. The van der Waals surface area contributed by atoms with Crippen LogP contribution in [0.3, 0.4) is 0 Å². The van der Waals surface area contributed by atoms with E-state index in [-0.39, 0.29) is 11.5 Å². The first kappa shape index (κ1) is 16.8. The minimum atomic E-state index is -0.992. The summed E-state index contributed by atoms with van der Waals surface area (Å²) >= 11 is 0. The Kier molecular flexibility index (Phi) is 4.83. The number of carbonyl (C=O) groups excluding carboxylic acids is 1. The smallest absolute Gasteiger partial charge is 0.337 e. The summed E-state index contributed by atoms with van der Waals surface area (Å²) in [4.78, 5) is 31.5. The summed E-state index contributed by atoms with van der Waals surface area (Å²) in [6, 6.07) is 10.3. The van der Waals surface area contributed by atoms with Gasteiger partial charge in [-0.1, -0.05) is 0 Å². The van der Waals surface area contributed by atoms with E-state index in [2.05, 4.69) is 4.98 Å². The van der Waals surface area contributed by atoms with Gasteiger partial charge in [-0.2, -0.15) is 0 Å². The van der Waals surface area contributed by atoms with Crippen LogP contribution in [0, 0.1) is 0 Å². The number of hydrogen-bond donors (Lipinski definition) is 1. The van der Waals surface area contributed by atoms with Gasteiger partial charge in [0.2, 0.25) is 0 Å². The summed E-state index contributed by atoms with van der Waals surface area (Å²) in [5, 5.41) is 8.92. The third kappa shape index (κ3) is 3.71. The molecule has 1 fully saturated rings. The lowest BCUT2D eigenvalue weighted by Gasteiger charge is -2.35. The summed E-state index contributed by atoms with van der Waals surface area (Å²) in [6.07, 6.45) is 1.35. The van der Waals surface area contributed by atoms with Crippen molar-refractivity contribution < 1.29 is 19.4 Å². The first-order valence-corrected chi connectivity index (χ1v) is 7.96. The lowest BCUT2D eigenvalue weighted by Crippen LogP contribution is -2.49. The topological polar surface area (TPSA) is 83.0 Å². The van der Waals surface area contributed by atoms with Gasteiger partial charge in [-0.05, 0) is 36.4 Å². The summed E-state index contributed by atoms with van der Waals surface area (Å²) in [5.41, 5.74) is 0.801. The number of amides is 1. The van der Waals surface area contributed by atoms with E-state index in [1.165, 1.54) is 6.20 Å². The predicted molar refractivity (Wildman–Crippen MR) is 92.3 cm³/mol. The Bertz CT molecular complexity index is 751. The van der Waals surface area contributed by atoms with E-state index < -0.39 is 5.97 Å². The number of carbonyl (C=O) groups is 2. The highest BCUT2D eigenvalue weighted by molar-refractivity contribution is 5.94. The van der Waals surface area contributed by atoms with E-state index >= 15 is 0 Å². The molecule has 7 heteroatoms. The van der Waals surface area contributed by atoms with E-state index in [4.69, 9.17) is 9.84 Å². The zero-order valence-electron chi connectivity index (χ0n) is 13.9. The summed E-state index contributed by atoms with van der Waals surface area (Å²) in [5.74, 6) is 0.448. The minimum absolute atomic E-state index is 0.00325. The van der Waals surface area contributed by atoms with Crippen LogP contribution in [0.1, 0.15) is 20.7 Å². The van der Waals surface area contributed by atoms with Crippen molar-refractivity contribution >= 4 is 17.7 Å². The van der Waals surface area contributed by atoms with Gasteiger partial charge in [0.1, 0.15) is 11.6 Å².